The molecule has 2 N–H and O–H groups in total. The third-order valence-corrected chi connectivity index (χ3v) is 4.51. The molecule has 6 heteroatoms. The second-order valence-corrected chi connectivity index (χ2v) is 7.09. The van der Waals surface area contributed by atoms with Gasteiger partial charge in [-0.25, -0.2) is 4.79 Å². The molecule has 0 radical (unpaired) electrons. The van der Waals surface area contributed by atoms with Gasteiger partial charge in [-0.2, -0.15) is 0 Å². The zero-order chi connectivity index (χ0) is 15.6. The number of hydrogen-bond acceptors (Lipinski definition) is 3. The summed E-state index contributed by atoms with van der Waals surface area (Å²) in [4.78, 5) is 27.3. The first-order valence-electron chi connectivity index (χ1n) is 7.83. The average Bonchev–Trinajstić information content (AvgIpc) is 2.78. The Kier molecular flexibility index (Phi) is 4.76. The largest absolute Gasteiger partial charge is 0.480 e. The lowest BCUT2D eigenvalue weighted by Crippen LogP contribution is -2.56. The molecule has 0 aromatic rings. The Bertz CT molecular complexity index is 405. The molecule has 120 valence electrons. The third-order valence-electron chi connectivity index (χ3n) is 4.51. The minimum absolute atomic E-state index is 0.149. The second-order valence-electron chi connectivity index (χ2n) is 7.09. The van der Waals surface area contributed by atoms with Crippen LogP contribution in [0.25, 0.3) is 0 Å². The van der Waals surface area contributed by atoms with Gasteiger partial charge in [0.1, 0.15) is 6.54 Å². The summed E-state index contributed by atoms with van der Waals surface area (Å²) < 4.78 is 0. The van der Waals surface area contributed by atoms with Crippen molar-refractivity contribution >= 4 is 12.0 Å². The van der Waals surface area contributed by atoms with Crippen molar-refractivity contribution in [1.82, 2.24) is 15.1 Å². The molecule has 2 rings (SSSR count). The van der Waals surface area contributed by atoms with Gasteiger partial charge in [0.25, 0.3) is 0 Å². The molecule has 0 aromatic heterocycles. The Morgan fingerprint density at radius 3 is 2.57 bits per heavy atom. The quantitative estimate of drug-likeness (QED) is 0.828. The van der Waals surface area contributed by atoms with Crippen LogP contribution in [0.5, 0.6) is 0 Å². The number of nitrogens with zero attached hydrogens (tertiary/aromatic N) is 2. The van der Waals surface area contributed by atoms with Crippen molar-refractivity contribution < 1.29 is 14.7 Å². The van der Waals surface area contributed by atoms with Crippen LogP contribution >= 0.6 is 0 Å². The number of carboxylic acids is 1. The van der Waals surface area contributed by atoms with Gasteiger partial charge >= 0.3 is 12.0 Å². The van der Waals surface area contributed by atoms with E-state index in [1.807, 2.05) is 20.8 Å². The Hall–Kier alpha value is -1.30. The second kappa shape index (κ2) is 6.22. The summed E-state index contributed by atoms with van der Waals surface area (Å²) >= 11 is 0. The van der Waals surface area contributed by atoms with Gasteiger partial charge in [-0.3, -0.25) is 9.69 Å². The maximum absolute atomic E-state index is 12.5. The van der Waals surface area contributed by atoms with E-state index in [4.69, 9.17) is 5.11 Å². The van der Waals surface area contributed by atoms with Crippen LogP contribution in [-0.4, -0.2) is 64.2 Å². The molecule has 0 bridgehead atoms. The number of rotatable bonds is 3. The zero-order valence-corrected chi connectivity index (χ0v) is 13.3. The lowest BCUT2D eigenvalue weighted by Gasteiger charge is -2.37. The minimum Gasteiger partial charge on any atom is -0.480 e. The van der Waals surface area contributed by atoms with Crippen molar-refractivity contribution in [3.05, 3.63) is 0 Å². The maximum Gasteiger partial charge on any atom is 0.323 e. The van der Waals surface area contributed by atoms with Crippen molar-refractivity contribution in [2.45, 2.75) is 64.1 Å². The van der Waals surface area contributed by atoms with Crippen molar-refractivity contribution in [2.24, 2.45) is 0 Å². The van der Waals surface area contributed by atoms with E-state index in [9.17, 15) is 9.59 Å². The Balaban J connectivity index is 2.00. The molecular weight excluding hydrogens is 270 g/mol. The highest BCUT2D eigenvalue weighted by Crippen LogP contribution is 2.27. The number of carbonyl (C=O) groups excluding carboxylic acids is 1. The van der Waals surface area contributed by atoms with Crippen molar-refractivity contribution in [1.29, 1.82) is 0 Å². The monoisotopic (exact) mass is 297 g/mol. The van der Waals surface area contributed by atoms with Gasteiger partial charge in [-0.1, -0.05) is 6.42 Å². The van der Waals surface area contributed by atoms with Crippen molar-refractivity contribution in [3.8, 4) is 0 Å². The zero-order valence-electron chi connectivity index (χ0n) is 13.3. The van der Waals surface area contributed by atoms with E-state index in [1.54, 1.807) is 0 Å². The molecular formula is C15H27N3O3. The van der Waals surface area contributed by atoms with Gasteiger partial charge in [0.05, 0.1) is 0 Å². The predicted molar refractivity (Wildman–Crippen MR) is 80.2 cm³/mol. The van der Waals surface area contributed by atoms with Crippen LogP contribution < -0.4 is 5.32 Å². The summed E-state index contributed by atoms with van der Waals surface area (Å²) in [6.07, 6.45) is 4.54. The highest BCUT2D eigenvalue weighted by atomic mass is 16.4. The molecule has 2 aliphatic heterocycles. The van der Waals surface area contributed by atoms with E-state index in [0.29, 0.717) is 6.04 Å². The van der Waals surface area contributed by atoms with Crippen LogP contribution in [0.3, 0.4) is 0 Å². The summed E-state index contributed by atoms with van der Waals surface area (Å²) in [5.74, 6) is -0.981. The number of fused-ring (bicyclic) bond motifs is 1. The van der Waals surface area contributed by atoms with Gasteiger partial charge in [-0.05, 0) is 46.6 Å². The lowest BCUT2D eigenvalue weighted by atomic mass is 9.99. The molecule has 2 fully saturated rings. The van der Waals surface area contributed by atoms with Gasteiger partial charge in [-0.15, -0.1) is 0 Å². The highest BCUT2D eigenvalue weighted by molar-refractivity contribution is 5.81. The SMILES string of the molecule is CC(C)(C)N(CC(=O)O)C(=O)NC1CCN2CCCCC12. The van der Waals surface area contributed by atoms with Crippen LogP contribution in [0.1, 0.15) is 46.5 Å². The first kappa shape index (κ1) is 16.1. The summed E-state index contributed by atoms with van der Waals surface area (Å²) in [6.45, 7) is 7.46. The lowest BCUT2D eigenvalue weighted by molar-refractivity contribution is -0.138. The number of nitrogens with one attached hydrogen (secondary N) is 1. The van der Waals surface area contributed by atoms with Crippen LogP contribution in [0.15, 0.2) is 0 Å². The number of urea groups is 1. The fourth-order valence-electron chi connectivity index (χ4n) is 3.40. The summed E-state index contributed by atoms with van der Waals surface area (Å²) in [5.41, 5.74) is -0.507. The van der Waals surface area contributed by atoms with Gasteiger partial charge in [0.2, 0.25) is 0 Å². The van der Waals surface area contributed by atoms with Gasteiger partial charge in [0, 0.05) is 24.2 Å². The topological polar surface area (TPSA) is 72.9 Å². The number of aliphatic carboxylic acids is 1. The molecule has 2 saturated heterocycles. The third kappa shape index (κ3) is 3.87. The van der Waals surface area contributed by atoms with E-state index in [-0.39, 0.29) is 18.6 Å². The van der Waals surface area contributed by atoms with E-state index in [2.05, 4.69) is 10.2 Å². The first-order valence-corrected chi connectivity index (χ1v) is 7.83. The Labute approximate surface area is 126 Å². The van der Waals surface area contributed by atoms with Crippen LogP contribution in [0, 0.1) is 0 Å². The molecule has 2 unspecified atom stereocenters. The molecule has 0 spiro atoms. The standard InChI is InChI=1S/C15H27N3O3/c1-15(2,3)18(10-13(19)20)14(21)16-11-7-9-17-8-5-4-6-12(11)17/h11-12H,4-10H2,1-3H3,(H,16,21)(H,19,20). The molecule has 0 aliphatic carbocycles. The predicted octanol–water partition coefficient (Wildman–Crippen LogP) is 1.51. The number of amides is 2. The normalized spacial score (nSPS) is 26.2. The molecule has 6 nitrogen and oxygen atoms in total. The van der Waals surface area contributed by atoms with Gasteiger partial charge < -0.3 is 15.3 Å². The maximum atomic E-state index is 12.5. The Morgan fingerprint density at radius 2 is 1.95 bits per heavy atom. The molecule has 2 atom stereocenters. The molecule has 2 amide bonds. The summed E-state index contributed by atoms with van der Waals surface area (Å²) in [5, 5.41) is 12.1. The highest BCUT2D eigenvalue weighted by Gasteiger charge is 2.38. The molecule has 0 aromatic carbocycles. The number of piperidine rings is 1. The number of carboxylic acid groups (broad SMARTS) is 1. The fourth-order valence-corrected chi connectivity index (χ4v) is 3.40. The minimum atomic E-state index is -0.981. The molecule has 0 saturated carbocycles. The first-order chi connectivity index (χ1) is 9.79. The van der Waals surface area contributed by atoms with E-state index in [0.717, 1.165) is 25.9 Å². The average molecular weight is 297 g/mol. The van der Waals surface area contributed by atoms with E-state index >= 15 is 0 Å². The van der Waals surface area contributed by atoms with E-state index in [1.165, 1.54) is 17.7 Å². The molecule has 2 aliphatic rings. The molecule has 2 heterocycles. The van der Waals surface area contributed by atoms with Crippen LogP contribution in [0.2, 0.25) is 0 Å². The number of carbonyl (C=O) groups is 2. The summed E-state index contributed by atoms with van der Waals surface area (Å²) in [7, 11) is 0. The molecule has 21 heavy (non-hydrogen) atoms. The fraction of sp³-hybridized carbons (Fsp3) is 0.867. The Morgan fingerprint density at radius 1 is 1.24 bits per heavy atom. The summed E-state index contributed by atoms with van der Waals surface area (Å²) in [6, 6.07) is 0.313. The van der Waals surface area contributed by atoms with E-state index < -0.39 is 11.5 Å². The van der Waals surface area contributed by atoms with Crippen LogP contribution in [0.4, 0.5) is 4.79 Å². The van der Waals surface area contributed by atoms with Crippen LogP contribution in [-0.2, 0) is 4.79 Å². The van der Waals surface area contributed by atoms with Gasteiger partial charge in [0.15, 0.2) is 0 Å². The number of hydrogen-bond donors (Lipinski definition) is 2. The van der Waals surface area contributed by atoms with Crippen molar-refractivity contribution in [2.75, 3.05) is 19.6 Å². The smallest absolute Gasteiger partial charge is 0.323 e. The van der Waals surface area contributed by atoms with Crippen molar-refractivity contribution in [3.63, 3.8) is 0 Å².